The van der Waals surface area contributed by atoms with Gasteiger partial charge in [-0.1, -0.05) is 0 Å². The van der Waals surface area contributed by atoms with E-state index in [-0.39, 0.29) is 17.9 Å². The first-order valence-corrected chi connectivity index (χ1v) is 5.49. The van der Waals surface area contributed by atoms with Crippen molar-refractivity contribution in [3.8, 4) is 0 Å². The molecule has 3 unspecified atom stereocenters. The van der Waals surface area contributed by atoms with E-state index in [1.165, 1.54) is 18.7 Å². The van der Waals surface area contributed by atoms with E-state index >= 15 is 0 Å². The molecule has 0 spiro atoms. The van der Waals surface area contributed by atoms with Crippen molar-refractivity contribution < 1.29 is 13.9 Å². The van der Waals surface area contributed by atoms with Crippen LogP contribution in [0.5, 0.6) is 0 Å². The molecule has 0 aromatic rings. The average molecular weight is 213 g/mol. The third-order valence-electron chi connectivity index (χ3n) is 1.94. The molecule has 0 saturated carbocycles. The zero-order chi connectivity index (χ0) is 10.4. The van der Waals surface area contributed by atoms with Gasteiger partial charge in [-0.25, -0.2) is 8.78 Å². The molecule has 0 amide bonds. The molecule has 0 radical (unpaired) electrons. The molecule has 3 atom stereocenters. The van der Waals surface area contributed by atoms with Crippen molar-refractivity contribution in [1.82, 2.24) is 5.32 Å². The molecule has 0 aliphatic carbocycles. The van der Waals surface area contributed by atoms with Crippen LogP contribution in [0.25, 0.3) is 0 Å². The van der Waals surface area contributed by atoms with Gasteiger partial charge in [0.05, 0.1) is 12.6 Å². The van der Waals surface area contributed by atoms with Crippen LogP contribution >= 0.6 is 11.8 Å². The molecule has 5 heteroatoms. The number of nitrogens with one attached hydrogen (secondary N) is 1. The maximum absolute atomic E-state index is 12.1. The Morgan fingerprint density at radius 1 is 1.31 bits per heavy atom. The third-order valence-corrected chi connectivity index (χ3v) is 3.11. The van der Waals surface area contributed by atoms with Gasteiger partial charge in [-0.3, -0.25) is 0 Å². The Kier molecular flexibility index (Phi) is 6.63. The van der Waals surface area contributed by atoms with E-state index in [0.717, 1.165) is 0 Å². The van der Waals surface area contributed by atoms with Crippen LogP contribution in [-0.2, 0) is 0 Å². The van der Waals surface area contributed by atoms with Crippen molar-refractivity contribution in [2.75, 3.05) is 12.9 Å². The second-order valence-corrected chi connectivity index (χ2v) is 4.11. The minimum Gasteiger partial charge on any atom is -0.395 e. The number of rotatable bonds is 6. The fourth-order valence-corrected chi connectivity index (χ4v) is 1.67. The van der Waals surface area contributed by atoms with Crippen LogP contribution in [-0.4, -0.2) is 41.7 Å². The summed E-state index contributed by atoms with van der Waals surface area (Å²) in [5, 5.41) is 11.6. The maximum Gasteiger partial charge on any atom is 0.253 e. The lowest BCUT2D eigenvalue weighted by Gasteiger charge is -2.24. The van der Waals surface area contributed by atoms with Gasteiger partial charge in [0.15, 0.2) is 0 Å². The molecular formula is C8H17F2NOS. The molecule has 2 N–H and O–H groups in total. The van der Waals surface area contributed by atoms with Gasteiger partial charge >= 0.3 is 0 Å². The predicted octanol–water partition coefficient (Wildman–Crippen LogP) is 1.34. The minimum atomic E-state index is -2.36. The second kappa shape index (κ2) is 6.56. The van der Waals surface area contributed by atoms with Gasteiger partial charge in [0.1, 0.15) is 0 Å². The van der Waals surface area contributed by atoms with Crippen molar-refractivity contribution >= 4 is 11.8 Å². The zero-order valence-corrected chi connectivity index (χ0v) is 8.94. The largest absolute Gasteiger partial charge is 0.395 e. The lowest BCUT2D eigenvalue weighted by molar-refractivity contribution is 0.0991. The summed E-state index contributed by atoms with van der Waals surface area (Å²) >= 11 is 1.47. The maximum atomic E-state index is 12.1. The van der Waals surface area contributed by atoms with Crippen LogP contribution < -0.4 is 5.32 Å². The molecule has 13 heavy (non-hydrogen) atoms. The predicted molar refractivity (Wildman–Crippen MR) is 52.5 cm³/mol. The molecule has 0 bridgehead atoms. The molecule has 0 fully saturated rings. The first-order valence-electron chi connectivity index (χ1n) is 4.20. The highest BCUT2D eigenvalue weighted by molar-refractivity contribution is 7.99. The average Bonchev–Trinajstić information content (AvgIpc) is 2.06. The molecule has 0 aliphatic heterocycles. The van der Waals surface area contributed by atoms with Gasteiger partial charge in [0.2, 0.25) is 0 Å². The number of aliphatic hydroxyl groups excluding tert-OH is 1. The van der Waals surface area contributed by atoms with Crippen LogP contribution in [0.15, 0.2) is 0 Å². The molecule has 2 nitrogen and oxygen atoms in total. The molecule has 0 aromatic carbocycles. The summed E-state index contributed by atoms with van der Waals surface area (Å²) < 4.78 is 24.3. The van der Waals surface area contributed by atoms with Crippen LogP contribution in [0.3, 0.4) is 0 Å². The van der Waals surface area contributed by atoms with Crippen molar-refractivity contribution in [2.24, 2.45) is 0 Å². The fourth-order valence-electron chi connectivity index (χ4n) is 1.03. The van der Waals surface area contributed by atoms with E-state index in [1.54, 1.807) is 6.92 Å². The fraction of sp³-hybridized carbons (Fsp3) is 1.00. The molecule has 0 heterocycles. The van der Waals surface area contributed by atoms with Crippen molar-refractivity contribution in [1.29, 1.82) is 0 Å². The number of hydrogen-bond acceptors (Lipinski definition) is 3. The standard InChI is InChI=1S/C8H17F2NOS/c1-5(7(4-12)13-3)11-6(2)8(9)10/h5-8,11-12H,4H2,1-3H3. The minimum absolute atomic E-state index is 0.00525. The number of thioether (sulfide) groups is 1. The highest BCUT2D eigenvalue weighted by Crippen LogP contribution is 2.12. The zero-order valence-electron chi connectivity index (χ0n) is 8.13. The molecule has 0 aliphatic rings. The molecular weight excluding hydrogens is 196 g/mol. The molecule has 0 aromatic heterocycles. The molecule has 0 saturated heterocycles. The Labute approximate surface area is 82.1 Å². The van der Waals surface area contributed by atoms with E-state index in [9.17, 15) is 8.78 Å². The summed E-state index contributed by atoms with van der Waals surface area (Å²) in [7, 11) is 0. The number of alkyl halides is 2. The van der Waals surface area contributed by atoms with Crippen molar-refractivity contribution in [3.63, 3.8) is 0 Å². The third kappa shape index (κ3) is 4.78. The Morgan fingerprint density at radius 2 is 1.85 bits per heavy atom. The summed E-state index contributed by atoms with van der Waals surface area (Å²) in [6.07, 6.45) is -0.504. The van der Waals surface area contributed by atoms with Gasteiger partial charge in [0.25, 0.3) is 6.43 Å². The Morgan fingerprint density at radius 3 is 2.15 bits per heavy atom. The van der Waals surface area contributed by atoms with Gasteiger partial charge in [-0.15, -0.1) is 0 Å². The summed E-state index contributed by atoms with van der Waals surface area (Å²) in [5.74, 6) is 0. The molecule has 80 valence electrons. The van der Waals surface area contributed by atoms with E-state index in [1.807, 2.05) is 6.26 Å². The Hall–Kier alpha value is 0.130. The normalized spacial score (nSPS) is 18.7. The first kappa shape index (κ1) is 13.1. The number of aliphatic hydroxyl groups is 1. The lowest BCUT2D eigenvalue weighted by Crippen LogP contribution is -2.45. The van der Waals surface area contributed by atoms with E-state index < -0.39 is 12.5 Å². The Bertz CT molecular complexity index is 133. The van der Waals surface area contributed by atoms with Gasteiger partial charge in [-0.2, -0.15) is 11.8 Å². The van der Waals surface area contributed by atoms with Crippen LogP contribution in [0.4, 0.5) is 8.78 Å². The smallest absolute Gasteiger partial charge is 0.253 e. The van der Waals surface area contributed by atoms with Crippen LogP contribution in [0.1, 0.15) is 13.8 Å². The quantitative estimate of drug-likeness (QED) is 0.698. The van der Waals surface area contributed by atoms with Gasteiger partial charge in [-0.05, 0) is 20.1 Å². The number of halogens is 2. The van der Waals surface area contributed by atoms with Crippen molar-refractivity contribution in [2.45, 2.75) is 37.6 Å². The highest BCUT2D eigenvalue weighted by atomic mass is 32.2. The monoisotopic (exact) mass is 213 g/mol. The van der Waals surface area contributed by atoms with E-state index in [4.69, 9.17) is 5.11 Å². The Balaban J connectivity index is 3.89. The van der Waals surface area contributed by atoms with Crippen molar-refractivity contribution in [3.05, 3.63) is 0 Å². The summed E-state index contributed by atoms with van der Waals surface area (Å²) in [6, 6.07) is -0.930. The van der Waals surface area contributed by atoms with Gasteiger partial charge in [0, 0.05) is 11.3 Å². The molecule has 0 rings (SSSR count). The number of hydrogen-bond donors (Lipinski definition) is 2. The van der Waals surface area contributed by atoms with Gasteiger partial charge < -0.3 is 10.4 Å². The second-order valence-electron chi connectivity index (χ2n) is 3.04. The topological polar surface area (TPSA) is 32.3 Å². The van der Waals surface area contributed by atoms with Crippen LogP contribution in [0.2, 0.25) is 0 Å². The first-order chi connectivity index (χ1) is 6.02. The highest BCUT2D eigenvalue weighted by Gasteiger charge is 2.21. The lowest BCUT2D eigenvalue weighted by atomic mass is 10.2. The summed E-state index contributed by atoms with van der Waals surface area (Å²) in [6.45, 7) is 3.25. The van der Waals surface area contributed by atoms with E-state index in [0.29, 0.717) is 0 Å². The summed E-state index contributed by atoms with van der Waals surface area (Å²) in [5.41, 5.74) is 0. The summed E-state index contributed by atoms with van der Waals surface area (Å²) in [4.78, 5) is 0. The van der Waals surface area contributed by atoms with Crippen LogP contribution in [0, 0.1) is 0 Å². The van der Waals surface area contributed by atoms with E-state index in [2.05, 4.69) is 5.32 Å². The SMILES string of the molecule is CSC(CO)C(C)NC(C)C(F)F.